The molecule has 0 radical (unpaired) electrons. The standard InChI is InChI=1S/C17H25NO3/c1-18-15(11-19-10-13-5-3-2-4-6-13)14-7-8-16-17(9-14)21-12-20-16/h7-9,13,15,18H,2-6,10-12H2,1H3. The van der Waals surface area contributed by atoms with Crippen LogP contribution in [0.3, 0.4) is 0 Å². The van der Waals surface area contributed by atoms with Gasteiger partial charge in [0.25, 0.3) is 0 Å². The SMILES string of the molecule is CNC(COCC1CCCCC1)c1ccc2c(c1)OCO2. The van der Waals surface area contributed by atoms with E-state index in [1.54, 1.807) is 0 Å². The van der Waals surface area contributed by atoms with E-state index in [-0.39, 0.29) is 6.04 Å². The first-order valence-electron chi connectivity index (χ1n) is 8.01. The molecule has 3 rings (SSSR count). The van der Waals surface area contributed by atoms with Crippen LogP contribution in [0.4, 0.5) is 0 Å². The van der Waals surface area contributed by atoms with Crippen LogP contribution in [0.25, 0.3) is 0 Å². The first-order chi connectivity index (χ1) is 10.4. The minimum atomic E-state index is 0.197. The zero-order valence-corrected chi connectivity index (χ0v) is 12.8. The highest BCUT2D eigenvalue weighted by atomic mass is 16.7. The number of rotatable bonds is 6. The van der Waals surface area contributed by atoms with Gasteiger partial charge in [-0.2, -0.15) is 0 Å². The van der Waals surface area contributed by atoms with Crippen LogP contribution < -0.4 is 14.8 Å². The maximum absolute atomic E-state index is 5.97. The fourth-order valence-electron chi connectivity index (χ4n) is 3.18. The number of benzene rings is 1. The monoisotopic (exact) mass is 291 g/mol. The van der Waals surface area contributed by atoms with Gasteiger partial charge in [-0.05, 0) is 43.5 Å². The molecule has 1 aromatic carbocycles. The van der Waals surface area contributed by atoms with Crippen LogP contribution in [-0.4, -0.2) is 27.1 Å². The van der Waals surface area contributed by atoms with Gasteiger partial charge in [0.1, 0.15) is 0 Å². The van der Waals surface area contributed by atoms with Crippen LogP contribution in [0.1, 0.15) is 43.7 Å². The summed E-state index contributed by atoms with van der Waals surface area (Å²) in [5.74, 6) is 2.42. The maximum Gasteiger partial charge on any atom is 0.231 e. The summed E-state index contributed by atoms with van der Waals surface area (Å²) in [5, 5.41) is 3.33. The highest BCUT2D eigenvalue weighted by Gasteiger charge is 2.18. The normalized spacial score (nSPS) is 19.7. The molecule has 1 fully saturated rings. The summed E-state index contributed by atoms with van der Waals surface area (Å²) in [4.78, 5) is 0. The smallest absolute Gasteiger partial charge is 0.231 e. The molecule has 1 aliphatic carbocycles. The van der Waals surface area contributed by atoms with Crippen LogP contribution in [0.2, 0.25) is 0 Å². The van der Waals surface area contributed by atoms with Crippen molar-refractivity contribution < 1.29 is 14.2 Å². The van der Waals surface area contributed by atoms with Crippen molar-refractivity contribution in [2.45, 2.75) is 38.1 Å². The molecule has 1 aliphatic heterocycles. The van der Waals surface area contributed by atoms with Gasteiger partial charge < -0.3 is 19.5 Å². The first-order valence-corrected chi connectivity index (χ1v) is 8.01. The summed E-state index contributed by atoms with van der Waals surface area (Å²) in [6, 6.07) is 6.30. The average Bonchev–Trinajstić information content (AvgIpc) is 3.00. The van der Waals surface area contributed by atoms with E-state index >= 15 is 0 Å². The van der Waals surface area contributed by atoms with Gasteiger partial charge in [-0.3, -0.25) is 0 Å². The maximum atomic E-state index is 5.97. The second-order valence-electron chi connectivity index (χ2n) is 6.00. The minimum Gasteiger partial charge on any atom is -0.454 e. The Kier molecular flexibility index (Phi) is 4.99. The van der Waals surface area contributed by atoms with Gasteiger partial charge in [-0.15, -0.1) is 0 Å². The second kappa shape index (κ2) is 7.14. The highest BCUT2D eigenvalue weighted by molar-refractivity contribution is 5.45. The molecule has 1 unspecified atom stereocenters. The molecule has 1 atom stereocenters. The lowest BCUT2D eigenvalue weighted by Crippen LogP contribution is -2.24. The molecule has 1 N–H and O–H groups in total. The summed E-state index contributed by atoms with van der Waals surface area (Å²) in [5.41, 5.74) is 1.19. The van der Waals surface area contributed by atoms with Crippen molar-refractivity contribution in [2.24, 2.45) is 5.92 Å². The van der Waals surface area contributed by atoms with Crippen molar-refractivity contribution >= 4 is 0 Å². The molecule has 1 heterocycles. The highest BCUT2D eigenvalue weighted by Crippen LogP contribution is 2.34. The van der Waals surface area contributed by atoms with Gasteiger partial charge in [0.2, 0.25) is 6.79 Å². The molecular weight excluding hydrogens is 266 g/mol. The Hall–Kier alpha value is -1.26. The van der Waals surface area contributed by atoms with Crippen molar-refractivity contribution in [1.82, 2.24) is 5.32 Å². The summed E-state index contributed by atoms with van der Waals surface area (Å²) in [6.07, 6.45) is 6.78. The molecule has 0 bridgehead atoms. The van der Waals surface area contributed by atoms with E-state index in [4.69, 9.17) is 14.2 Å². The van der Waals surface area contributed by atoms with Crippen LogP contribution in [-0.2, 0) is 4.74 Å². The van der Waals surface area contributed by atoms with Crippen LogP contribution in [0.15, 0.2) is 18.2 Å². The Morgan fingerprint density at radius 3 is 2.81 bits per heavy atom. The quantitative estimate of drug-likeness (QED) is 0.873. The molecule has 2 aliphatic rings. The van der Waals surface area contributed by atoms with Gasteiger partial charge in [0.05, 0.1) is 12.6 Å². The first kappa shape index (κ1) is 14.7. The molecular formula is C17H25NO3. The second-order valence-corrected chi connectivity index (χ2v) is 6.00. The third-order valence-electron chi connectivity index (χ3n) is 4.51. The van der Waals surface area contributed by atoms with E-state index in [0.717, 1.165) is 24.0 Å². The Balaban J connectivity index is 1.52. The Labute approximate surface area is 126 Å². The molecule has 1 saturated carbocycles. The van der Waals surface area contributed by atoms with Crippen molar-refractivity contribution in [1.29, 1.82) is 0 Å². The Bertz CT molecular complexity index is 457. The van der Waals surface area contributed by atoms with E-state index in [1.165, 1.54) is 37.7 Å². The third-order valence-corrected chi connectivity index (χ3v) is 4.51. The molecule has 0 amide bonds. The molecule has 0 saturated heterocycles. The van der Waals surface area contributed by atoms with Crippen LogP contribution in [0.5, 0.6) is 11.5 Å². The molecule has 4 nitrogen and oxygen atoms in total. The number of ether oxygens (including phenoxy) is 3. The largest absolute Gasteiger partial charge is 0.454 e. The third kappa shape index (κ3) is 3.69. The molecule has 116 valence electrons. The summed E-state index contributed by atoms with van der Waals surface area (Å²) >= 11 is 0. The van der Waals surface area contributed by atoms with E-state index < -0.39 is 0 Å². The number of fused-ring (bicyclic) bond motifs is 1. The zero-order valence-electron chi connectivity index (χ0n) is 12.8. The zero-order chi connectivity index (χ0) is 14.5. The van der Waals surface area contributed by atoms with Gasteiger partial charge in [-0.1, -0.05) is 25.3 Å². The molecule has 0 spiro atoms. The van der Waals surface area contributed by atoms with Crippen molar-refractivity contribution in [3.8, 4) is 11.5 Å². The van der Waals surface area contributed by atoms with Gasteiger partial charge in [0.15, 0.2) is 11.5 Å². The van der Waals surface area contributed by atoms with Crippen molar-refractivity contribution in [2.75, 3.05) is 27.1 Å². The van der Waals surface area contributed by atoms with Crippen LogP contribution >= 0.6 is 0 Å². The van der Waals surface area contributed by atoms with Gasteiger partial charge >= 0.3 is 0 Å². The predicted octanol–water partition coefficient (Wildman–Crippen LogP) is 3.27. The van der Waals surface area contributed by atoms with Crippen molar-refractivity contribution in [3.63, 3.8) is 0 Å². The number of hydrogen-bond acceptors (Lipinski definition) is 4. The summed E-state index contributed by atoms with van der Waals surface area (Å²) in [6.45, 7) is 1.91. The van der Waals surface area contributed by atoms with E-state index in [2.05, 4.69) is 11.4 Å². The van der Waals surface area contributed by atoms with Gasteiger partial charge in [0, 0.05) is 6.61 Å². The minimum absolute atomic E-state index is 0.197. The summed E-state index contributed by atoms with van der Waals surface area (Å²) < 4.78 is 16.8. The van der Waals surface area contributed by atoms with Gasteiger partial charge in [-0.25, -0.2) is 0 Å². The fraction of sp³-hybridized carbons (Fsp3) is 0.647. The van der Waals surface area contributed by atoms with Crippen LogP contribution in [0, 0.1) is 5.92 Å². The molecule has 1 aromatic rings. The molecule has 21 heavy (non-hydrogen) atoms. The lowest BCUT2D eigenvalue weighted by molar-refractivity contribution is 0.0707. The molecule has 4 heteroatoms. The van der Waals surface area contributed by atoms with E-state index in [0.29, 0.717) is 13.4 Å². The number of hydrogen-bond donors (Lipinski definition) is 1. The average molecular weight is 291 g/mol. The van der Waals surface area contributed by atoms with Crippen molar-refractivity contribution in [3.05, 3.63) is 23.8 Å². The van der Waals surface area contributed by atoms with E-state index in [9.17, 15) is 0 Å². The fourth-order valence-corrected chi connectivity index (χ4v) is 3.18. The number of likely N-dealkylation sites (N-methyl/N-ethyl adjacent to an activating group) is 1. The van der Waals surface area contributed by atoms with E-state index in [1.807, 2.05) is 19.2 Å². The predicted molar refractivity (Wildman–Crippen MR) is 81.8 cm³/mol. The summed E-state index contributed by atoms with van der Waals surface area (Å²) in [7, 11) is 1.97. The Morgan fingerprint density at radius 1 is 1.19 bits per heavy atom. The number of nitrogens with one attached hydrogen (secondary N) is 1. The Morgan fingerprint density at radius 2 is 2.00 bits per heavy atom. The topological polar surface area (TPSA) is 39.7 Å². The molecule has 0 aromatic heterocycles. The lowest BCUT2D eigenvalue weighted by Gasteiger charge is -2.23. The lowest BCUT2D eigenvalue weighted by atomic mass is 9.90.